The van der Waals surface area contributed by atoms with Crippen LogP contribution in [0.5, 0.6) is 11.5 Å². The number of nitrogen functional groups attached to an aromatic ring is 1. The number of carbonyl (C=O) groups excluding carboxylic acids is 1. The van der Waals surface area contributed by atoms with E-state index in [-0.39, 0.29) is 18.7 Å². The lowest BCUT2D eigenvalue weighted by molar-refractivity contribution is 0.0700. The molecule has 0 saturated heterocycles. The van der Waals surface area contributed by atoms with Crippen molar-refractivity contribution in [3.63, 3.8) is 0 Å². The highest BCUT2D eigenvalue weighted by atomic mass is 16.7. The number of benzene rings is 1. The van der Waals surface area contributed by atoms with Crippen LogP contribution in [0.2, 0.25) is 0 Å². The van der Waals surface area contributed by atoms with Crippen LogP contribution in [0.15, 0.2) is 12.1 Å². The van der Waals surface area contributed by atoms with Gasteiger partial charge in [0.25, 0.3) is 5.91 Å². The molecule has 2 rings (SSSR count). The van der Waals surface area contributed by atoms with Crippen molar-refractivity contribution in [1.29, 1.82) is 0 Å². The SMILES string of the molecule is CCC(C)N(CC)C(=O)c1cc2c(cc1N)OCO2. The van der Waals surface area contributed by atoms with Gasteiger partial charge in [-0.15, -0.1) is 0 Å². The summed E-state index contributed by atoms with van der Waals surface area (Å²) in [6.07, 6.45) is 0.907. The van der Waals surface area contributed by atoms with Crippen molar-refractivity contribution < 1.29 is 14.3 Å². The minimum absolute atomic E-state index is 0.0624. The summed E-state index contributed by atoms with van der Waals surface area (Å²) in [5, 5.41) is 0. The van der Waals surface area contributed by atoms with E-state index in [4.69, 9.17) is 15.2 Å². The minimum Gasteiger partial charge on any atom is -0.454 e. The number of hydrogen-bond donors (Lipinski definition) is 1. The Bertz CT molecular complexity index is 488. The summed E-state index contributed by atoms with van der Waals surface area (Å²) in [5.41, 5.74) is 6.85. The Morgan fingerprint density at radius 3 is 2.58 bits per heavy atom. The van der Waals surface area contributed by atoms with Crippen LogP contribution < -0.4 is 15.2 Å². The number of ether oxygens (including phenoxy) is 2. The van der Waals surface area contributed by atoms with E-state index < -0.39 is 0 Å². The van der Waals surface area contributed by atoms with Crippen molar-refractivity contribution in [3.8, 4) is 11.5 Å². The summed E-state index contributed by atoms with van der Waals surface area (Å²) in [4.78, 5) is 14.4. The molecule has 1 aromatic carbocycles. The summed E-state index contributed by atoms with van der Waals surface area (Å²) in [6, 6.07) is 3.51. The largest absolute Gasteiger partial charge is 0.454 e. The Balaban J connectivity index is 2.33. The molecule has 1 aromatic rings. The molecule has 0 saturated carbocycles. The number of fused-ring (bicyclic) bond motifs is 1. The maximum Gasteiger partial charge on any atom is 0.256 e. The lowest BCUT2D eigenvalue weighted by Crippen LogP contribution is -2.38. The molecule has 104 valence electrons. The van der Waals surface area contributed by atoms with E-state index in [1.165, 1.54) is 0 Å². The Morgan fingerprint density at radius 2 is 2.00 bits per heavy atom. The monoisotopic (exact) mass is 264 g/mol. The number of carbonyl (C=O) groups is 1. The number of amides is 1. The zero-order chi connectivity index (χ0) is 14.0. The fourth-order valence-electron chi connectivity index (χ4n) is 2.17. The predicted molar refractivity (Wildman–Crippen MR) is 73.4 cm³/mol. The third kappa shape index (κ3) is 2.45. The summed E-state index contributed by atoms with van der Waals surface area (Å²) < 4.78 is 10.5. The topological polar surface area (TPSA) is 64.8 Å². The molecule has 1 aliphatic heterocycles. The van der Waals surface area contributed by atoms with Crippen LogP contribution in [0.3, 0.4) is 0 Å². The van der Waals surface area contributed by atoms with Gasteiger partial charge in [-0.2, -0.15) is 0 Å². The van der Waals surface area contributed by atoms with Crippen LogP contribution in [-0.4, -0.2) is 30.2 Å². The van der Waals surface area contributed by atoms with Crippen molar-refractivity contribution in [1.82, 2.24) is 4.90 Å². The highest BCUT2D eigenvalue weighted by Crippen LogP contribution is 2.36. The molecule has 1 atom stereocenters. The number of anilines is 1. The van der Waals surface area contributed by atoms with Crippen LogP contribution >= 0.6 is 0 Å². The van der Waals surface area contributed by atoms with E-state index in [9.17, 15) is 4.79 Å². The molecule has 1 heterocycles. The quantitative estimate of drug-likeness (QED) is 0.847. The van der Waals surface area contributed by atoms with Gasteiger partial charge in [-0.05, 0) is 26.3 Å². The average Bonchev–Trinajstić information content (AvgIpc) is 2.85. The maximum atomic E-state index is 12.5. The van der Waals surface area contributed by atoms with Crippen LogP contribution in [0.1, 0.15) is 37.6 Å². The van der Waals surface area contributed by atoms with Gasteiger partial charge in [-0.25, -0.2) is 0 Å². The smallest absolute Gasteiger partial charge is 0.256 e. The van der Waals surface area contributed by atoms with Crippen molar-refractivity contribution in [2.75, 3.05) is 19.1 Å². The lowest BCUT2D eigenvalue weighted by Gasteiger charge is -2.27. The first kappa shape index (κ1) is 13.5. The average molecular weight is 264 g/mol. The van der Waals surface area contributed by atoms with E-state index in [1.54, 1.807) is 12.1 Å². The van der Waals surface area contributed by atoms with Gasteiger partial charge in [0.1, 0.15) is 0 Å². The summed E-state index contributed by atoms with van der Waals surface area (Å²) in [5.74, 6) is 1.12. The maximum absolute atomic E-state index is 12.5. The minimum atomic E-state index is -0.0624. The molecule has 1 amide bonds. The molecule has 0 aromatic heterocycles. The Kier molecular flexibility index (Phi) is 3.83. The standard InChI is InChI=1S/C14H20N2O3/c1-4-9(3)16(5-2)14(17)10-6-12-13(7-11(10)15)19-8-18-12/h6-7,9H,4-5,8,15H2,1-3H3. The fourth-order valence-corrected chi connectivity index (χ4v) is 2.17. The van der Waals surface area contributed by atoms with Gasteiger partial charge in [-0.3, -0.25) is 4.79 Å². The first-order chi connectivity index (χ1) is 9.08. The van der Waals surface area contributed by atoms with Crippen molar-refractivity contribution in [2.24, 2.45) is 0 Å². The Hall–Kier alpha value is -1.91. The normalized spacial score (nSPS) is 14.3. The van der Waals surface area contributed by atoms with Gasteiger partial charge in [0.05, 0.1) is 5.56 Å². The zero-order valence-electron chi connectivity index (χ0n) is 11.6. The van der Waals surface area contributed by atoms with Crippen LogP contribution in [0, 0.1) is 0 Å². The molecule has 0 bridgehead atoms. The summed E-state index contributed by atoms with van der Waals surface area (Å²) in [7, 11) is 0. The molecule has 2 N–H and O–H groups in total. The van der Waals surface area contributed by atoms with E-state index in [1.807, 2.05) is 18.7 Å². The Labute approximate surface area is 113 Å². The van der Waals surface area contributed by atoms with Crippen molar-refractivity contribution in [2.45, 2.75) is 33.2 Å². The molecular weight excluding hydrogens is 244 g/mol. The molecule has 5 nitrogen and oxygen atoms in total. The zero-order valence-corrected chi connectivity index (χ0v) is 11.6. The van der Waals surface area contributed by atoms with E-state index >= 15 is 0 Å². The van der Waals surface area contributed by atoms with Gasteiger partial charge in [0.15, 0.2) is 11.5 Å². The highest BCUT2D eigenvalue weighted by Gasteiger charge is 2.24. The number of hydrogen-bond acceptors (Lipinski definition) is 4. The lowest BCUT2D eigenvalue weighted by atomic mass is 10.1. The number of nitrogens with zero attached hydrogens (tertiary/aromatic N) is 1. The Morgan fingerprint density at radius 1 is 1.37 bits per heavy atom. The molecule has 19 heavy (non-hydrogen) atoms. The van der Waals surface area contributed by atoms with Crippen LogP contribution in [-0.2, 0) is 0 Å². The van der Waals surface area contributed by atoms with E-state index in [0.29, 0.717) is 29.3 Å². The summed E-state index contributed by atoms with van der Waals surface area (Å²) in [6.45, 7) is 6.89. The van der Waals surface area contributed by atoms with Crippen molar-refractivity contribution >= 4 is 11.6 Å². The third-order valence-corrected chi connectivity index (χ3v) is 3.50. The predicted octanol–water partition coefficient (Wildman–Crippen LogP) is 2.26. The molecule has 0 fully saturated rings. The van der Waals surface area contributed by atoms with Gasteiger partial charge in [-0.1, -0.05) is 6.92 Å². The molecule has 0 aliphatic carbocycles. The fraction of sp³-hybridized carbons (Fsp3) is 0.500. The van der Waals surface area contributed by atoms with E-state index in [2.05, 4.69) is 6.92 Å². The highest BCUT2D eigenvalue weighted by molar-refractivity contribution is 6.00. The molecular formula is C14H20N2O3. The molecule has 0 radical (unpaired) electrons. The molecule has 5 heteroatoms. The summed E-state index contributed by atoms with van der Waals surface area (Å²) >= 11 is 0. The molecule has 0 spiro atoms. The van der Waals surface area contributed by atoms with Crippen molar-refractivity contribution in [3.05, 3.63) is 17.7 Å². The van der Waals surface area contributed by atoms with Crippen LogP contribution in [0.4, 0.5) is 5.69 Å². The number of rotatable bonds is 4. The number of nitrogens with two attached hydrogens (primary N) is 1. The van der Waals surface area contributed by atoms with Gasteiger partial charge in [0.2, 0.25) is 6.79 Å². The third-order valence-electron chi connectivity index (χ3n) is 3.50. The van der Waals surface area contributed by atoms with Crippen LogP contribution in [0.25, 0.3) is 0 Å². The second-order valence-electron chi connectivity index (χ2n) is 4.64. The first-order valence-corrected chi connectivity index (χ1v) is 6.58. The molecule has 1 aliphatic rings. The second-order valence-corrected chi connectivity index (χ2v) is 4.64. The molecule has 1 unspecified atom stereocenters. The first-order valence-electron chi connectivity index (χ1n) is 6.58. The second kappa shape index (κ2) is 5.38. The van der Waals surface area contributed by atoms with Gasteiger partial charge in [0, 0.05) is 24.3 Å². The van der Waals surface area contributed by atoms with Gasteiger partial charge < -0.3 is 20.1 Å². The van der Waals surface area contributed by atoms with Gasteiger partial charge >= 0.3 is 0 Å². The van der Waals surface area contributed by atoms with E-state index in [0.717, 1.165) is 6.42 Å².